The van der Waals surface area contributed by atoms with E-state index in [9.17, 15) is 19.8 Å². The zero-order valence-electron chi connectivity index (χ0n) is 6.31. The molecule has 0 rings (SSSR count). The molecule has 12 heavy (non-hydrogen) atoms. The van der Waals surface area contributed by atoms with Crippen LogP contribution in [0.15, 0.2) is 0 Å². The molecule has 0 heterocycles. The molecule has 0 saturated carbocycles. The smallest absolute Gasteiger partial charge is 0.772 e. The number of hydrogen-bond acceptors (Lipinski definition) is 6. The van der Waals surface area contributed by atoms with Gasteiger partial charge in [0, 0.05) is 11.9 Å². The van der Waals surface area contributed by atoms with E-state index in [-0.39, 0.29) is 29.6 Å². The Morgan fingerprint density at radius 1 is 1.08 bits per heavy atom. The molecule has 0 aromatic carbocycles. The average molecular weight is 202 g/mol. The summed E-state index contributed by atoms with van der Waals surface area (Å²) in [6, 6.07) is 0. The first kappa shape index (κ1) is 17.9. The molecule has 0 aliphatic rings. The molecule has 0 aliphatic carbocycles. The van der Waals surface area contributed by atoms with E-state index < -0.39 is 33.5 Å². The fourth-order valence-corrected chi connectivity index (χ4v) is 0.204. The maximum absolute atomic E-state index is 9.50. The molecule has 0 aromatic rings. The van der Waals surface area contributed by atoms with Crippen molar-refractivity contribution in [2.75, 3.05) is 0 Å². The van der Waals surface area contributed by atoms with E-state index in [0.717, 1.165) is 0 Å². The fourth-order valence-electron chi connectivity index (χ4n) is 0.204. The van der Waals surface area contributed by atoms with Gasteiger partial charge in [0.25, 0.3) is 0 Å². The molecule has 0 aliphatic heterocycles. The van der Waals surface area contributed by atoms with Crippen LogP contribution in [0.1, 0.15) is 12.8 Å². The number of rotatable bonds is 3. The number of carboxylic acid groups (broad SMARTS) is 2. The van der Waals surface area contributed by atoms with Crippen LogP contribution in [0.3, 0.4) is 0 Å². The Bertz CT molecular complexity index is 134. The van der Waals surface area contributed by atoms with Gasteiger partial charge in [0.05, 0.1) is 8.69 Å². The van der Waals surface area contributed by atoms with Gasteiger partial charge in [0.15, 0.2) is 0 Å². The summed E-state index contributed by atoms with van der Waals surface area (Å²) < 4.78 is 8.35. The number of carbonyl (C=O) groups excluding carboxylic acids is 2. The summed E-state index contributed by atoms with van der Waals surface area (Å²) in [5, 5.41) is 19.0. The van der Waals surface area contributed by atoms with E-state index in [1.165, 1.54) is 0 Å². The summed E-state index contributed by atoms with van der Waals surface area (Å²) >= 11 is 0. The molecule has 0 spiro atoms. The Kier molecular flexibility index (Phi) is 20.3. The van der Waals surface area contributed by atoms with Crippen LogP contribution in [0.2, 0.25) is 0 Å². The molecule has 0 fully saturated rings. The molecule has 0 aromatic heterocycles. The monoisotopic (exact) mass is 202 g/mol. The Morgan fingerprint density at radius 3 is 1.33 bits per heavy atom. The molecule has 0 bridgehead atoms. The molecule has 0 atom stereocenters. The van der Waals surface area contributed by atoms with E-state index in [1.807, 2.05) is 0 Å². The maximum Gasteiger partial charge on any atom is 1.00 e. The molecule has 64 valence electrons. The van der Waals surface area contributed by atoms with Gasteiger partial charge in [-0.3, -0.25) is 4.57 Å². The van der Waals surface area contributed by atoms with Gasteiger partial charge in [-0.1, -0.05) is 0 Å². The van der Waals surface area contributed by atoms with E-state index in [1.54, 1.807) is 0 Å². The Morgan fingerprint density at radius 2 is 1.25 bits per heavy atom. The number of hydrogen-bond donors (Lipinski definition) is 0. The van der Waals surface area contributed by atoms with Crippen molar-refractivity contribution in [1.82, 2.24) is 0 Å². The minimum absolute atomic E-state index is 0. The van der Waals surface area contributed by atoms with Gasteiger partial charge in [-0.25, -0.2) is 0 Å². The summed E-state index contributed by atoms with van der Waals surface area (Å²) in [4.78, 5) is 27.4. The van der Waals surface area contributed by atoms with Gasteiger partial charge >= 0.3 is 29.6 Å². The van der Waals surface area contributed by atoms with E-state index in [2.05, 4.69) is 0 Å². The van der Waals surface area contributed by atoms with Crippen LogP contribution >= 0.6 is 8.69 Å². The van der Waals surface area contributed by atoms with Crippen LogP contribution in [0.25, 0.3) is 0 Å². The zero-order valence-corrected chi connectivity index (χ0v) is 9.21. The second-order valence-electron chi connectivity index (χ2n) is 1.32. The normalized spacial score (nSPS) is 7.42. The molecule has 0 N–H and O–H groups in total. The van der Waals surface area contributed by atoms with Crippen molar-refractivity contribution in [3.8, 4) is 0 Å². The standard InChI is InChI=1S/C4H6O4.Na.HO2P/c5-3(6)1-2-4(7)8;;1-3-2/h1-2H2,(H,5,6)(H,7,8);;(H,1,2)/q;+1;/p-3. The summed E-state index contributed by atoms with van der Waals surface area (Å²) in [5.41, 5.74) is 0. The number of carbonyl (C=O) groups is 2. The van der Waals surface area contributed by atoms with E-state index in [0.29, 0.717) is 0 Å². The van der Waals surface area contributed by atoms with Crippen LogP contribution in [0, 0.1) is 0 Å². The first-order valence-corrected chi connectivity index (χ1v) is 3.12. The zero-order chi connectivity index (χ0) is 9.28. The first-order chi connectivity index (χ1) is 5.04. The molecular formula is C4H4NaO6P-2. The molecule has 0 amide bonds. The minimum Gasteiger partial charge on any atom is -0.772 e. The molecule has 6 nitrogen and oxygen atoms in total. The van der Waals surface area contributed by atoms with Crippen molar-refractivity contribution in [3.05, 3.63) is 0 Å². The van der Waals surface area contributed by atoms with Crippen LogP contribution < -0.4 is 44.7 Å². The quantitative estimate of drug-likeness (QED) is 0.331. The first-order valence-electron chi connectivity index (χ1n) is 2.39. The Balaban J connectivity index is -0.000000177. The maximum atomic E-state index is 9.50. The number of aliphatic carboxylic acids is 2. The predicted octanol–water partition coefficient (Wildman–Crippen LogP) is -6.18. The van der Waals surface area contributed by atoms with Crippen molar-refractivity contribution >= 4 is 20.6 Å². The Labute approximate surface area is 92.2 Å². The minimum atomic E-state index is -1.37. The van der Waals surface area contributed by atoms with Crippen molar-refractivity contribution in [2.45, 2.75) is 12.8 Å². The molecule has 0 radical (unpaired) electrons. The van der Waals surface area contributed by atoms with Crippen molar-refractivity contribution < 1.29 is 58.8 Å². The SMILES string of the molecule is O=C([O-])CCC(=O)[O-].O=P[O-].[Na+]. The third kappa shape index (κ3) is 32.4. The topological polar surface area (TPSA) is 120 Å². The Hall–Kier alpha value is 0. The van der Waals surface area contributed by atoms with Crippen LogP contribution in [-0.2, 0) is 14.2 Å². The average Bonchev–Trinajstić information content (AvgIpc) is 1.85. The third-order valence-electron chi connectivity index (χ3n) is 0.533. The fraction of sp³-hybridized carbons (Fsp3) is 0.500. The largest absolute Gasteiger partial charge is 1.00 e. The number of carboxylic acids is 2. The van der Waals surface area contributed by atoms with Gasteiger partial charge < -0.3 is 24.7 Å². The van der Waals surface area contributed by atoms with Crippen molar-refractivity contribution in [1.29, 1.82) is 0 Å². The van der Waals surface area contributed by atoms with Gasteiger partial charge in [-0.2, -0.15) is 0 Å². The molecule has 8 heteroatoms. The molecule has 0 unspecified atom stereocenters. The summed E-state index contributed by atoms with van der Waals surface area (Å²) in [6.07, 6.45) is -0.940. The summed E-state index contributed by atoms with van der Waals surface area (Å²) in [7, 11) is -1.08. The van der Waals surface area contributed by atoms with Gasteiger partial charge in [-0.05, 0) is 12.8 Å². The molecule has 0 saturated heterocycles. The second-order valence-corrected chi connectivity index (χ2v) is 1.47. The van der Waals surface area contributed by atoms with Gasteiger partial charge in [0.2, 0.25) is 0 Å². The van der Waals surface area contributed by atoms with E-state index in [4.69, 9.17) is 9.46 Å². The van der Waals surface area contributed by atoms with Gasteiger partial charge in [0.1, 0.15) is 0 Å². The van der Waals surface area contributed by atoms with Gasteiger partial charge in [-0.15, -0.1) is 0 Å². The van der Waals surface area contributed by atoms with Crippen LogP contribution in [0.4, 0.5) is 0 Å². The third-order valence-corrected chi connectivity index (χ3v) is 0.533. The van der Waals surface area contributed by atoms with Crippen molar-refractivity contribution in [2.24, 2.45) is 0 Å². The second kappa shape index (κ2) is 13.6. The molecular weight excluding hydrogens is 198 g/mol. The van der Waals surface area contributed by atoms with Crippen molar-refractivity contribution in [3.63, 3.8) is 0 Å². The summed E-state index contributed by atoms with van der Waals surface area (Å²) in [5.74, 6) is -2.73. The van der Waals surface area contributed by atoms with E-state index >= 15 is 0 Å². The van der Waals surface area contributed by atoms with Crippen LogP contribution in [-0.4, -0.2) is 11.9 Å². The van der Waals surface area contributed by atoms with Crippen LogP contribution in [0.5, 0.6) is 0 Å². The predicted molar refractivity (Wildman–Crippen MR) is 26.9 cm³/mol. The summed E-state index contributed by atoms with van der Waals surface area (Å²) in [6.45, 7) is 0.